The first kappa shape index (κ1) is 81.8. The summed E-state index contributed by atoms with van der Waals surface area (Å²) in [7, 11) is 0. The molecule has 0 aliphatic heterocycles. The summed E-state index contributed by atoms with van der Waals surface area (Å²) < 4.78 is 3.68. The molecule has 24 atom stereocenters. The van der Waals surface area contributed by atoms with E-state index in [1.165, 1.54) is 103 Å². The Morgan fingerprint density at radius 1 is 0.453 bits per heavy atom. The number of hydrogen-bond acceptors (Lipinski definition) is 9. The minimum atomic E-state index is -0.480. The van der Waals surface area contributed by atoms with E-state index in [0.29, 0.717) is 91.6 Å². The van der Waals surface area contributed by atoms with Crippen LogP contribution in [0.4, 0.5) is 0 Å². The number of nitrogens with zero attached hydrogens (tertiary/aromatic N) is 5. The lowest BCUT2D eigenvalue weighted by Gasteiger charge is -2.61. The van der Waals surface area contributed by atoms with Gasteiger partial charge in [-0.25, -0.2) is 0 Å². The maximum absolute atomic E-state index is 13.7. The molecule has 0 amide bonds. The van der Waals surface area contributed by atoms with Gasteiger partial charge < -0.3 is 15.3 Å². The van der Waals surface area contributed by atoms with E-state index in [-0.39, 0.29) is 56.3 Å². The molecular weight excluding hydrogens is 1450 g/mol. The number of nitrogens with one attached hydrogen (secondary N) is 1. The van der Waals surface area contributed by atoms with Crippen molar-refractivity contribution in [3.8, 4) is 0 Å². The molecule has 3 aromatic heterocycles. The molecule has 584 valence electrons. The van der Waals surface area contributed by atoms with Crippen LogP contribution >= 0.6 is 50.7 Å². The zero-order valence-corrected chi connectivity index (χ0v) is 67.0. The van der Waals surface area contributed by atoms with Crippen LogP contribution in [0.3, 0.4) is 0 Å². The molecule has 12 aliphatic rings. The van der Waals surface area contributed by atoms with Gasteiger partial charge in [0.15, 0.2) is 11.6 Å². The van der Waals surface area contributed by atoms with Crippen molar-refractivity contribution in [2.75, 3.05) is 5.33 Å². The fraction of sp³-hybridized carbons (Fsp3) is 0.733. The second-order valence-electron chi connectivity index (χ2n) is 38.8. The van der Waals surface area contributed by atoms with Crippen LogP contribution in [0.25, 0.3) is 32.7 Å². The van der Waals surface area contributed by atoms with Gasteiger partial charge in [-0.3, -0.25) is 28.8 Å². The maximum Gasteiger partial charge on any atom is 0.157 e. The standard InChI is InChI=1S/2C29H39ClN2O2.C22H35BrO2.C7H5ClN2.3CH4/c1-27(34)12-13-28(2)19(15-27)5-7-21-22-8-9-24(29(22,3)11-10-23(21)28)26(33)17-32-16-18-4-6-20(30)14-25(18)31-32;1-27(34)12-13-28(2)19(15-27)5-7-21-22-8-9-24(29(22,3)11-10-23(21)28)26(33)17-32-25-14-20(30)6-4-18(25)16-31-32;1-20(25)10-11-21(2)14(12-20)4-5-15-16-6-7-18(19(24)13-23)22(16,3)9-8-17(15)21;8-6-2-1-5-4-9-10-7(5)3-6;;;/h2*4,6,14,16,19,21-24,34H,5,7-13,15,17H2,1-3H3;14-18,25H,4-13H2,1-3H3;1-4H,(H,9,10);3*1H4/t2*19-,21-,22-,23-,24+,27+,28-,29-;14-,15-,16-,17-,18+,20+,21-,22-;;;;/m000..../s1. The molecule has 3 aromatic carbocycles. The fourth-order valence-corrected chi connectivity index (χ4v) is 28.6. The van der Waals surface area contributed by atoms with Crippen LogP contribution in [0.5, 0.6) is 0 Å². The number of ketones is 3. The summed E-state index contributed by atoms with van der Waals surface area (Å²) in [5.41, 5.74) is 3.01. The Balaban J connectivity index is 0.000000139. The first-order valence-electron chi connectivity index (χ1n) is 40.4. The lowest BCUT2D eigenvalue weighted by atomic mass is 9.44. The number of carbonyl (C=O) groups excluding carboxylic acids is 3. The lowest BCUT2D eigenvalue weighted by molar-refractivity contribution is -0.151. The fourth-order valence-electron chi connectivity index (χ4n) is 27.7. The average molecular weight is 1580 g/mol. The number of Topliss-reactive ketones (excluding diaryl/α,β-unsaturated/α-hetero) is 3. The normalized spacial score (nSPS) is 42.1. The highest BCUT2D eigenvalue weighted by molar-refractivity contribution is 9.09. The number of aromatic amines is 1. The third-order valence-corrected chi connectivity index (χ3v) is 34.6. The Bertz CT molecular complexity index is 4160. The van der Waals surface area contributed by atoms with E-state index in [0.717, 1.165) is 150 Å². The van der Waals surface area contributed by atoms with Crippen molar-refractivity contribution in [1.82, 2.24) is 29.8 Å². The number of alkyl halides is 1. The van der Waals surface area contributed by atoms with Crippen LogP contribution in [-0.4, -0.2) is 84.6 Å². The smallest absolute Gasteiger partial charge is 0.157 e. The summed E-state index contributed by atoms with van der Waals surface area (Å²) in [6, 6.07) is 17.1. The topological polar surface area (TPSA) is 176 Å². The molecule has 16 heteroatoms. The number of rotatable bonds is 8. The molecule has 0 unspecified atom stereocenters. The van der Waals surface area contributed by atoms with Crippen LogP contribution in [0.15, 0.2) is 73.2 Å². The van der Waals surface area contributed by atoms with Crippen LogP contribution in [0, 0.1) is 121 Å². The Morgan fingerprint density at radius 2 is 0.849 bits per heavy atom. The summed E-state index contributed by atoms with van der Waals surface area (Å²) in [5, 5.41) is 53.7. The number of hydrogen-bond donors (Lipinski definition) is 4. The SMILES string of the molecule is C.C.C.C[C@@]1(O)CC[C@@]2(C)[C@@H](CC[C@@H]3[C@@H]2CC[C@]2(C)[C@@H](C(=O)CBr)CC[C@@H]32)C1.C[C@@]1(O)CC[C@@]2(C)[C@@H](CC[C@@H]3[C@@H]2CC[C@]2(C)[C@@H](C(=O)Cn4cc5ccc(Cl)cc5n4)CC[C@@H]32)C1.C[C@@]1(O)CC[C@@]2(C)[C@@H](CC[C@@H]3[C@@H]2CC[C@]2(C)[C@@H](C(=O)Cn4ncc5ccc(Cl)cc54)CC[C@@H]32)C1.Clc1ccc2cn[nH]c2c1. The highest BCUT2D eigenvalue weighted by Crippen LogP contribution is 2.72. The Kier molecular flexibility index (Phi) is 23.4. The Labute approximate surface area is 658 Å². The average Bonchev–Trinajstić information content (AvgIpc) is 1.17. The third kappa shape index (κ3) is 14.6. The van der Waals surface area contributed by atoms with Crippen LogP contribution in [-0.2, 0) is 27.5 Å². The van der Waals surface area contributed by atoms with Crippen molar-refractivity contribution in [2.45, 2.75) is 288 Å². The van der Waals surface area contributed by atoms with Gasteiger partial charge in [0.1, 0.15) is 12.3 Å². The molecule has 18 rings (SSSR count). The Hall–Kier alpha value is -3.69. The number of aromatic nitrogens is 6. The van der Waals surface area contributed by atoms with Crippen molar-refractivity contribution in [2.24, 2.45) is 121 Å². The number of aliphatic hydroxyl groups is 3. The van der Waals surface area contributed by atoms with Gasteiger partial charge >= 0.3 is 0 Å². The zero-order valence-electron chi connectivity index (χ0n) is 63.1. The van der Waals surface area contributed by atoms with E-state index < -0.39 is 16.8 Å². The second kappa shape index (κ2) is 30.3. The van der Waals surface area contributed by atoms with Gasteiger partial charge in [-0.1, -0.05) is 115 Å². The number of halogens is 4. The summed E-state index contributed by atoms with van der Waals surface area (Å²) in [6.45, 7) is 21.8. The second-order valence-corrected chi connectivity index (χ2v) is 40.6. The Morgan fingerprint density at radius 3 is 1.30 bits per heavy atom. The molecule has 12 aliphatic carbocycles. The van der Waals surface area contributed by atoms with Crippen molar-refractivity contribution in [1.29, 1.82) is 0 Å². The third-order valence-electron chi connectivity index (χ3n) is 33.3. The molecular formula is C90H130BrCl3N6O6. The highest BCUT2D eigenvalue weighted by Gasteiger charge is 2.65. The predicted molar refractivity (Wildman–Crippen MR) is 437 cm³/mol. The number of carbonyl (C=O) groups is 3. The summed E-state index contributed by atoms with van der Waals surface area (Å²) in [4.78, 5) is 39.9. The first-order chi connectivity index (χ1) is 48.8. The molecule has 3 heterocycles. The number of fused-ring (bicyclic) bond motifs is 18. The molecule has 0 radical (unpaired) electrons. The van der Waals surface area contributed by atoms with Gasteiger partial charge in [0.05, 0.1) is 57.6 Å². The van der Waals surface area contributed by atoms with Crippen LogP contribution < -0.4 is 0 Å². The van der Waals surface area contributed by atoms with E-state index in [1.807, 2.05) is 97.1 Å². The molecule has 0 saturated heterocycles. The van der Waals surface area contributed by atoms with Gasteiger partial charge in [0.2, 0.25) is 0 Å². The lowest BCUT2D eigenvalue weighted by Crippen LogP contribution is -2.55. The van der Waals surface area contributed by atoms with Crippen molar-refractivity contribution in [3.05, 3.63) is 88.3 Å². The summed E-state index contributed by atoms with van der Waals surface area (Å²) in [6.07, 6.45) is 36.8. The molecule has 0 bridgehead atoms. The van der Waals surface area contributed by atoms with Gasteiger partial charge in [0.25, 0.3) is 0 Å². The molecule has 106 heavy (non-hydrogen) atoms. The maximum atomic E-state index is 13.7. The van der Waals surface area contributed by atoms with E-state index in [1.54, 1.807) is 6.20 Å². The molecule has 12 fully saturated rings. The van der Waals surface area contributed by atoms with E-state index in [9.17, 15) is 29.7 Å². The largest absolute Gasteiger partial charge is 0.390 e. The van der Waals surface area contributed by atoms with E-state index in [2.05, 4.69) is 77.9 Å². The summed E-state index contributed by atoms with van der Waals surface area (Å²) in [5.74, 6) is 10.4. The number of benzene rings is 3. The minimum absolute atomic E-state index is 0. The van der Waals surface area contributed by atoms with E-state index >= 15 is 0 Å². The summed E-state index contributed by atoms with van der Waals surface area (Å²) >= 11 is 21.5. The van der Waals surface area contributed by atoms with Gasteiger partial charge in [-0.05, 0) is 352 Å². The molecule has 12 saturated carbocycles. The van der Waals surface area contributed by atoms with Gasteiger partial charge in [-0.15, -0.1) is 0 Å². The van der Waals surface area contributed by atoms with Crippen molar-refractivity contribution < 1.29 is 29.7 Å². The zero-order chi connectivity index (χ0) is 72.8. The van der Waals surface area contributed by atoms with E-state index in [4.69, 9.17) is 34.8 Å². The molecule has 6 aromatic rings. The van der Waals surface area contributed by atoms with Crippen molar-refractivity contribution in [3.63, 3.8) is 0 Å². The minimum Gasteiger partial charge on any atom is -0.390 e. The van der Waals surface area contributed by atoms with Crippen LogP contribution in [0.2, 0.25) is 15.1 Å². The van der Waals surface area contributed by atoms with Gasteiger partial charge in [0, 0.05) is 55.2 Å². The molecule has 12 nitrogen and oxygen atoms in total. The van der Waals surface area contributed by atoms with Crippen molar-refractivity contribution >= 4 is 101 Å². The van der Waals surface area contributed by atoms with Crippen LogP contribution in [0.1, 0.15) is 258 Å². The van der Waals surface area contributed by atoms with Gasteiger partial charge in [-0.2, -0.15) is 15.3 Å². The quantitative estimate of drug-likeness (QED) is 0.108. The highest BCUT2D eigenvalue weighted by atomic mass is 79.9. The molecule has 4 N–H and O–H groups in total. The number of H-pyrrole nitrogens is 1. The predicted octanol–water partition coefficient (Wildman–Crippen LogP) is 22.8. The first-order valence-corrected chi connectivity index (χ1v) is 42.7. The molecule has 0 spiro atoms. The monoisotopic (exact) mass is 1570 g/mol.